The molecule has 0 N–H and O–H groups in total. The zero-order chi connectivity index (χ0) is 24.4. The largest absolute Gasteiger partial charge is 0.496 e. The van der Waals surface area contributed by atoms with Crippen LogP contribution in [0.15, 0.2) is 87.1 Å². The molecule has 0 radical (unpaired) electrons. The van der Waals surface area contributed by atoms with Crippen LogP contribution in [0.25, 0.3) is 33.5 Å². The number of para-hydroxylation sites is 2. The van der Waals surface area contributed by atoms with Gasteiger partial charge in [-0.25, -0.2) is 4.98 Å². The van der Waals surface area contributed by atoms with Crippen molar-refractivity contribution in [1.29, 1.82) is 0 Å². The smallest absolute Gasteiger partial charge is 0.282 e. The summed E-state index contributed by atoms with van der Waals surface area (Å²) in [6.45, 7) is 4.08. The van der Waals surface area contributed by atoms with Gasteiger partial charge in [-0.1, -0.05) is 37.3 Å². The summed E-state index contributed by atoms with van der Waals surface area (Å²) in [5.41, 5.74) is 1.65. The second-order valence-corrected chi connectivity index (χ2v) is 8.17. The van der Waals surface area contributed by atoms with E-state index in [0.717, 1.165) is 17.4 Å². The van der Waals surface area contributed by atoms with Crippen LogP contribution < -0.4 is 15.0 Å². The number of furan rings is 1. The van der Waals surface area contributed by atoms with Gasteiger partial charge in [-0.15, -0.1) is 0 Å². The first kappa shape index (κ1) is 22.4. The molecule has 7 heteroatoms. The minimum atomic E-state index is -0.297. The number of ether oxygens (including phenoxy) is 2. The first-order valence-electron chi connectivity index (χ1n) is 11.5. The number of fused-ring (bicyclic) bond motifs is 2. The highest BCUT2D eigenvalue weighted by Gasteiger charge is 2.18. The van der Waals surface area contributed by atoms with Crippen molar-refractivity contribution in [3.05, 3.63) is 88.7 Å². The summed E-state index contributed by atoms with van der Waals surface area (Å²) in [6, 6.07) is 22.1. The van der Waals surface area contributed by atoms with E-state index < -0.39 is 0 Å². The highest BCUT2D eigenvalue weighted by Crippen LogP contribution is 2.33. The lowest BCUT2D eigenvalue weighted by atomic mass is 10.2. The summed E-state index contributed by atoms with van der Waals surface area (Å²) in [7, 11) is 1.61. The minimum Gasteiger partial charge on any atom is -0.496 e. The van der Waals surface area contributed by atoms with Crippen molar-refractivity contribution in [3.8, 4) is 23.1 Å². The van der Waals surface area contributed by atoms with Gasteiger partial charge in [-0.2, -0.15) is 9.78 Å². The zero-order valence-corrected chi connectivity index (χ0v) is 19.8. The Bertz CT molecular complexity index is 1600. The van der Waals surface area contributed by atoms with Crippen molar-refractivity contribution in [1.82, 2.24) is 9.66 Å². The predicted molar refractivity (Wildman–Crippen MR) is 138 cm³/mol. The van der Waals surface area contributed by atoms with Crippen molar-refractivity contribution < 1.29 is 13.9 Å². The van der Waals surface area contributed by atoms with Crippen LogP contribution in [0.2, 0.25) is 0 Å². The van der Waals surface area contributed by atoms with Gasteiger partial charge in [-0.3, -0.25) is 4.79 Å². The third-order valence-electron chi connectivity index (χ3n) is 5.85. The SMILES string of the molecule is CC[C@H](C)Oc1ccccc1C=Nn1c(-c2cc3c(OC)cccc3o2)nc2ccccc2c1=O. The molecule has 0 saturated heterocycles. The Morgan fingerprint density at radius 1 is 1.03 bits per heavy atom. The maximum absolute atomic E-state index is 13.5. The van der Waals surface area contributed by atoms with Gasteiger partial charge >= 0.3 is 0 Å². The maximum Gasteiger partial charge on any atom is 0.282 e. The van der Waals surface area contributed by atoms with Gasteiger partial charge in [0.15, 0.2) is 5.76 Å². The first-order valence-corrected chi connectivity index (χ1v) is 11.5. The zero-order valence-electron chi connectivity index (χ0n) is 19.8. The molecule has 0 aliphatic heterocycles. The van der Waals surface area contributed by atoms with Crippen LogP contribution in [0.3, 0.4) is 0 Å². The van der Waals surface area contributed by atoms with E-state index in [1.807, 2.05) is 61.5 Å². The van der Waals surface area contributed by atoms with E-state index in [1.54, 1.807) is 31.5 Å². The molecule has 0 spiro atoms. The van der Waals surface area contributed by atoms with E-state index >= 15 is 0 Å². The van der Waals surface area contributed by atoms with Crippen molar-refractivity contribution >= 4 is 28.1 Å². The van der Waals surface area contributed by atoms with Crippen LogP contribution in [0.5, 0.6) is 11.5 Å². The van der Waals surface area contributed by atoms with Crippen molar-refractivity contribution in [2.75, 3.05) is 7.11 Å². The summed E-state index contributed by atoms with van der Waals surface area (Å²) < 4.78 is 18.9. The Kier molecular flexibility index (Phi) is 6.06. The monoisotopic (exact) mass is 467 g/mol. The highest BCUT2D eigenvalue weighted by atomic mass is 16.5. The fourth-order valence-corrected chi connectivity index (χ4v) is 3.83. The Labute approximate surface area is 202 Å². The predicted octanol–water partition coefficient (Wildman–Crippen LogP) is 5.88. The van der Waals surface area contributed by atoms with E-state index in [2.05, 4.69) is 12.0 Å². The number of benzene rings is 3. The quantitative estimate of drug-likeness (QED) is 0.279. The average Bonchev–Trinajstić information content (AvgIpc) is 3.33. The molecule has 5 aromatic rings. The summed E-state index contributed by atoms with van der Waals surface area (Å²) >= 11 is 0. The van der Waals surface area contributed by atoms with Crippen LogP contribution in [0.1, 0.15) is 25.8 Å². The molecule has 5 rings (SSSR count). The van der Waals surface area contributed by atoms with Gasteiger partial charge in [0.1, 0.15) is 17.1 Å². The highest BCUT2D eigenvalue weighted by molar-refractivity contribution is 5.89. The van der Waals surface area contributed by atoms with E-state index in [1.165, 1.54) is 4.68 Å². The Hall–Kier alpha value is -4.39. The molecular formula is C28H25N3O4. The maximum atomic E-state index is 13.5. The van der Waals surface area contributed by atoms with Gasteiger partial charge < -0.3 is 13.9 Å². The fraction of sp³-hybridized carbons (Fsp3) is 0.179. The third-order valence-corrected chi connectivity index (χ3v) is 5.85. The number of aromatic nitrogens is 2. The Morgan fingerprint density at radius 2 is 1.80 bits per heavy atom. The van der Waals surface area contributed by atoms with E-state index in [-0.39, 0.29) is 11.7 Å². The molecule has 2 heterocycles. The molecule has 0 amide bonds. The standard InChI is InChI=1S/C28H25N3O4/c1-4-18(2)34-23-13-8-5-10-19(23)17-29-31-27(30-22-12-7-6-11-20(22)28(31)32)26-16-21-24(33-3)14-9-15-25(21)35-26/h5-18H,4H2,1-3H3/t18-/m0/s1. The molecule has 176 valence electrons. The Morgan fingerprint density at radius 3 is 2.63 bits per heavy atom. The molecule has 1 atom stereocenters. The van der Waals surface area contributed by atoms with E-state index in [4.69, 9.17) is 18.9 Å². The number of rotatable bonds is 7. The number of hydrogen-bond donors (Lipinski definition) is 0. The lowest BCUT2D eigenvalue weighted by molar-refractivity contribution is 0.217. The third kappa shape index (κ3) is 4.28. The van der Waals surface area contributed by atoms with Crippen molar-refractivity contribution in [3.63, 3.8) is 0 Å². The summed E-state index contributed by atoms with van der Waals surface area (Å²) in [4.78, 5) is 18.2. The molecule has 0 aliphatic carbocycles. The van der Waals surface area contributed by atoms with Gasteiger partial charge in [0.05, 0.1) is 35.7 Å². The number of methoxy groups -OCH3 is 1. The molecule has 0 unspecified atom stereocenters. The van der Waals surface area contributed by atoms with Crippen LogP contribution in [-0.4, -0.2) is 29.1 Å². The summed E-state index contributed by atoms with van der Waals surface area (Å²) in [5.74, 6) is 2.08. The van der Waals surface area contributed by atoms with Gasteiger partial charge in [-0.05, 0) is 55.8 Å². The lowest BCUT2D eigenvalue weighted by Crippen LogP contribution is -2.20. The van der Waals surface area contributed by atoms with Crippen LogP contribution >= 0.6 is 0 Å². The van der Waals surface area contributed by atoms with Gasteiger partial charge in [0.25, 0.3) is 5.56 Å². The number of hydrogen-bond acceptors (Lipinski definition) is 6. The van der Waals surface area contributed by atoms with E-state index in [0.29, 0.717) is 39.6 Å². The number of nitrogens with zero attached hydrogens (tertiary/aromatic N) is 3. The second kappa shape index (κ2) is 9.46. The average molecular weight is 468 g/mol. The molecular weight excluding hydrogens is 442 g/mol. The van der Waals surface area contributed by atoms with Crippen LogP contribution in [0.4, 0.5) is 0 Å². The van der Waals surface area contributed by atoms with Crippen molar-refractivity contribution in [2.24, 2.45) is 5.10 Å². The van der Waals surface area contributed by atoms with Crippen LogP contribution in [0, 0.1) is 0 Å². The normalized spacial score (nSPS) is 12.4. The molecule has 2 aromatic heterocycles. The van der Waals surface area contributed by atoms with Crippen molar-refractivity contribution in [2.45, 2.75) is 26.4 Å². The molecule has 0 saturated carbocycles. The molecule has 0 aliphatic rings. The molecule has 7 nitrogen and oxygen atoms in total. The summed E-state index contributed by atoms with van der Waals surface area (Å²) in [5, 5.41) is 5.81. The van der Waals surface area contributed by atoms with Crippen LogP contribution in [-0.2, 0) is 0 Å². The fourth-order valence-electron chi connectivity index (χ4n) is 3.83. The van der Waals surface area contributed by atoms with Gasteiger partial charge in [0, 0.05) is 5.56 Å². The Balaban J connectivity index is 1.69. The van der Waals surface area contributed by atoms with Gasteiger partial charge in [0.2, 0.25) is 5.82 Å². The molecule has 0 fully saturated rings. The topological polar surface area (TPSA) is 78.8 Å². The lowest BCUT2D eigenvalue weighted by Gasteiger charge is -2.14. The second-order valence-electron chi connectivity index (χ2n) is 8.17. The first-order chi connectivity index (χ1) is 17.1. The molecule has 3 aromatic carbocycles. The minimum absolute atomic E-state index is 0.0516. The molecule has 35 heavy (non-hydrogen) atoms. The van der Waals surface area contributed by atoms with E-state index in [9.17, 15) is 4.79 Å². The molecule has 0 bridgehead atoms. The summed E-state index contributed by atoms with van der Waals surface area (Å²) in [6.07, 6.45) is 2.54.